The van der Waals surface area contributed by atoms with Gasteiger partial charge in [0.25, 0.3) is 0 Å². The molecule has 30 heavy (non-hydrogen) atoms. The summed E-state index contributed by atoms with van der Waals surface area (Å²) in [6.45, 7) is 1.90. The third-order valence-corrected chi connectivity index (χ3v) is 6.66. The van der Waals surface area contributed by atoms with Gasteiger partial charge in [0.15, 0.2) is 5.78 Å². The molecule has 2 heterocycles. The van der Waals surface area contributed by atoms with Crippen molar-refractivity contribution in [1.29, 1.82) is 0 Å². The highest BCUT2D eigenvalue weighted by molar-refractivity contribution is 7.20. The monoisotopic (exact) mass is 419 g/mol. The highest BCUT2D eigenvalue weighted by Crippen LogP contribution is 2.40. The van der Waals surface area contributed by atoms with Crippen molar-refractivity contribution in [3.8, 4) is 16.6 Å². The van der Waals surface area contributed by atoms with Gasteiger partial charge in [0.05, 0.1) is 41.4 Å². The number of benzene rings is 2. The zero-order chi connectivity index (χ0) is 20.8. The van der Waals surface area contributed by atoms with Gasteiger partial charge in [-0.15, -0.1) is 0 Å². The van der Waals surface area contributed by atoms with Gasteiger partial charge in [0.2, 0.25) is 5.13 Å². The molecule has 0 amide bonds. The van der Waals surface area contributed by atoms with Crippen LogP contribution in [0.4, 0.5) is 0 Å². The summed E-state index contributed by atoms with van der Waals surface area (Å²) in [6, 6.07) is 13.8. The Balaban J connectivity index is 1.60. The van der Waals surface area contributed by atoms with Gasteiger partial charge in [-0.05, 0) is 37.1 Å². The fourth-order valence-electron chi connectivity index (χ4n) is 4.24. The maximum atomic E-state index is 13.1. The van der Waals surface area contributed by atoms with Crippen LogP contribution >= 0.6 is 11.3 Å². The molecule has 152 valence electrons. The maximum absolute atomic E-state index is 13.1. The van der Waals surface area contributed by atoms with Gasteiger partial charge >= 0.3 is 0 Å². The minimum atomic E-state index is 0.00934. The molecule has 2 aromatic carbocycles. The summed E-state index contributed by atoms with van der Waals surface area (Å²) < 4.78 is 13.9. The molecule has 0 aliphatic heterocycles. The van der Waals surface area contributed by atoms with Crippen molar-refractivity contribution in [2.45, 2.75) is 25.7 Å². The lowest BCUT2D eigenvalue weighted by atomic mass is 9.81. The molecule has 5 rings (SSSR count). The number of hydrogen-bond donors (Lipinski definition) is 0. The van der Waals surface area contributed by atoms with Crippen LogP contribution in [-0.4, -0.2) is 34.8 Å². The number of aromatic nitrogens is 3. The molecular weight excluding hydrogens is 398 g/mol. The van der Waals surface area contributed by atoms with Gasteiger partial charge in [0, 0.05) is 18.4 Å². The number of methoxy groups -OCH3 is 2. The number of aryl methyl sites for hydroxylation is 1. The molecule has 7 heteroatoms. The molecule has 1 aliphatic carbocycles. The van der Waals surface area contributed by atoms with E-state index in [4.69, 9.17) is 19.6 Å². The van der Waals surface area contributed by atoms with Crippen molar-refractivity contribution in [2.75, 3.05) is 14.2 Å². The van der Waals surface area contributed by atoms with E-state index in [0.717, 1.165) is 49.4 Å². The summed E-state index contributed by atoms with van der Waals surface area (Å²) in [5, 5.41) is 5.49. The van der Waals surface area contributed by atoms with Crippen molar-refractivity contribution in [2.24, 2.45) is 0 Å². The summed E-state index contributed by atoms with van der Waals surface area (Å²) in [5.41, 5.74) is 4.36. The standard InChI is InChI=1S/C23H21N3O3S/c1-13-22-18(26(25-13)23-24-17-6-4-5-7-21(17)30-23)10-14(11-19(22)27)16-9-8-15(28-2)12-20(16)29-3/h4-9,12,14H,10-11H2,1-3H3/t14-/m0/s1. The van der Waals surface area contributed by atoms with Crippen molar-refractivity contribution in [1.82, 2.24) is 14.8 Å². The highest BCUT2D eigenvalue weighted by Gasteiger charge is 2.34. The number of fused-ring (bicyclic) bond motifs is 2. The number of ether oxygens (including phenoxy) is 2. The summed E-state index contributed by atoms with van der Waals surface area (Å²) in [6.07, 6.45) is 1.13. The Bertz CT molecular complexity index is 1240. The molecule has 0 saturated carbocycles. The molecule has 0 bridgehead atoms. The van der Waals surface area contributed by atoms with Crippen LogP contribution in [0.2, 0.25) is 0 Å². The molecule has 0 spiro atoms. The zero-order valence-corrected chi connectivity index (χ0v) is 17.8. The Morgan fingerprint density at radius 1 is 1.10 bits per heavy atom. The smallest absolute Gasteiger partial charge is 0.211 e. The largest absolute Gasteiger partial charge is 0.497 e. The first-order chi connectivity index (χ1) is 14.6. The molecule has 0 radical (unpaired) electrons. The number of nitrogens with zero attached hydrogens (tertiary/aromatic N) is 3. The quantitative estimate of drug-likeness (QED) is 0.479. The van der Waals surface area contributed by atoms with Crippen molar-refractivity contribution in [3.63, 3.8) is 0 Å². The van der Waals surface area contributed by atoms with Crippen LogP contribution < -0.4 is 9.47 Å². The molecule has 0 N–H and O–H groups in total. The van der Waals surface area contributed by atoms with Gasteiger partial charge in [-0.3, -0.25) is 4.79 Å². The average molecular weight is 420 g/mol. The van der Waals surface area contributed by atoms with Crippen LogP contribution in [-0.2, 0) is 6.42 Å². The third kappa shape index (κ3) is 2.97. The lowest BCUT2D eigenvalue weighted by molar-refractivity contribution is 0.0963. The molecule has 4 aromatic rings. The Kier molecular flexibility index (Phi) is 4.55. The average Bonchev–Trinajstić information content (AvgIpc) is 3.34. The maximum Gasteiger partial charge on any atom is 0.211 e. The Morgan fingerprint density at radius 3 is 2.70 bits per heavy atom. The molecule has 0 saturated heterocycles. The third-order valence-electron chi connectivity index (χ3n) is 5.65. The summed E-state index contributed by atoms with van der Waals surface area (Å²) >= 11 is 1.58. The van der Waals surface area contributed by atoms with E-state index >= 15 is 0 Å². The van der Waals surface area contributed by atoms with Crippen LogP contribution in [0.25, 0.3) is 15.3 Å². The molecule has 1 atom stereocenters. The second-order valence-electron chi connectivity index (χ2n) is 7.42. The van der Waals surface area contributed by atoms with E-state index in [9.17, 15) is 4.79 Å². The molecule has 0 fully saturated rings. The first-order valence-electron chi connectivity index (χ1n) is 9.78. The van der Waals surface area contributed by atoms with Crippen molar-refractivity contribution in [3.05, 3.63) is 65.0 Å². The van der Waals surface area contributed by atoms with Crippen LogP contribution in [0.15, 0.2) is 42.5 Å². The minimum Gasteiger partial charge on any atom is -0.497 e. The molecule has 6 nitrogen and oxygen atoms in total. The number of Topliss-reactive ketones (excluding diaryl/α,β-unsaturated/α-hetero) is 1. The number of rotatable bonds is 4. The summed E-state index contributed by atoms with van der Waals surface area (Å²) in [4.78, 5) is 17.8. The van der Waals surface area contributed by atoms with Crippen molar-refractivity contribution >= 4 is 27.3 Å². The van der Waals surface area contributed by atoms with E-state index in [1.165, 1.54) is 0 Å². The number of para-hydroxylation sites is 1. The Morgan fingerprint density at radius 2 is 1.93 bits per heavy atom. The summed E-state index contributed by atoms with van der Waals surface area (Å²) in [7, 11) is 3.27. The second-order valence-corrected chi connectivity index (χ2v) is 8.43. The van der Waals surface area contributed by atoms with Crippen LogP contribution in [0, 0.1) is 6.92 Å². The van der Waals surface area contributed by atoms with Gasteiger partial charge in [-0.1, -0.05) is 29.5 Å². The molecular formula is C23H21N3O3S. The molecule has 1 aliphatic rings. The normalized spacial score (nSPS) is 16.0. The Hall–Kier alpha value is -3.19. The van der Waals surface area contributed by atoms with E-state index in [1.54, 1.807) is 25.6 Å². The highest BCUT2D eigenvalue weighted by atomic mass is 32.1. The fraction of sp³-hybridized carbons (Fsp3) is 0.261. The van der Waals surface area contributed by atoms with E-state index in [0.29, 0.717) is 12.8 Å². The minimum absolute atomic E-state index is 0.00934. The lowest BCUT2D eigenvalue weighted by Crippen LogP contribution is -2.21. The SMILES string of the molecule is COc1ccc([C@@H]2CC(=O)c3c(C)nn(-c4nc5ccccc5s4)c3C2)c(OC)c1. The van der Waals surface area contributed by atoms with Gasteiger partial charge in [-0.25, -0.2) is 9.67 Å². The predicted octanol–water partition coefficient (Wildman–Crippen LogP) is 4.72. The number of ketones is 1. The van der Waals surface area contributed by atoms with Crippen LogP contribution in [0.5, 0.6) is 11.5 Å². The van der Waals surface area contributed by atoms with E-state index < -0.39 is 0 Å². The van der Waals surface area contributed by atoms with E-state index in [2.05, 4.69) is 6.07 Å². The predicted molar refractivity (Wildman–Crippen MR) is 116 cm³/mol. The number of thiazole rings is 1. The summed E-state index contributed by atoms with van der Waals surface area (Å²) in [5.74, 6) is 1.59. The van der Waals surface area contributed by atoms with Gasteiger partial charge in [0.1, 0.15) is 11.5 Å². The van der Waals surface area contributed by atoms with E-state index in [-0.39, 0.29) is 11.7 Å². The van der Waals surface area contributed by atoms with Gasteiger partial charge < -0.3 is 9.47 Å². The Labute approximate surface area is 178 Å². The van der Waals surface area contributed by atoms with Crippen LogP contribution in [0.1, 0.15) is 39.6 Å². The van der Waals surface area contributed by atoms with E-state index in [1.807, 2.05) is 48.0 Å². The molecule has 0 unspecified atom stereocenters. The number of carbonyl (C=O) groups excluding carboxylic acids is 1. The second kappa shape index (κ2) is 7.25. The first kappa shape index (κ1) is 18.8. The first-order valence-corrected chi connectivity index (χ1v) is 10.6. The molecule has 2 aromatic heterocycles. The number of carbonyl (C=O) groups is 1. The lowest BCUT2D eigenvalue weighted by Gasteiger charge is -2.24. The van der Waals surface area contributed by atoms with Gasteiger partial charge in [-0.2, -0.15) is 5.10 Å². The van der Waals surface area contributed by atoms with Crippen LogP contribution in [0.3, 0.4) is 0 Å². The number of hydrogen-bond acceptors (Lipinski definition) is 6. The zero-order valence-electron chi connectivity index (χ0n) is 17.0. The fourth-order valence-corrected chi connectivity index (χ4v) is 5.19. The van der Waals surface area contributed by atoms with Crippen molar-refractivity contribution < 1.29 is 14.3 Å². The topological polar surface area (TPSA) is 66.2 Å².